The molecule has 1 rings (SSSR count). The molecule has 0 heterocycles. The van der Waals surface area contributed by atoms with Gasteiger partial charge in [0.15, 0.2) is 0 Å². The van der Waals surface area contributed by atoms with E-state index in [0.29, 0.717) is 11.8 Å². The van der Waals surface area contributed by atoms with Gasteiger partial charge in [0.2, 0.25) is 5.91 Å². The SMILES string of the molecule is CC(C)C(S)C(=O)NCC1CC=CCC1. The summed E-state index contributed by atoms with van der Waals surface area (Å²) in [5.41, 5.74) is 0. The molecule has 0 saturated carbocycles. The second-order valence-electron chi connectivity index (χ2n) is 4.58. The van der Waals surface area contributed by atoms with Gasteiger partial charge in [0.1, 0.15) is 0 Å². The second kappa shape index (κ2) is 6.21. The minimum absolute atomic E-state index is 0.0721. The lowest BCUT2D eigenvalue weighted by Crippen LogP contribution is -2.37. The van der Waals surface area contributed by atoms with E-state index in [1.54, 1.807) is 0 Å². The topological polar surface area (TPSA) is 29.1 Å². The van der Waals surface area contributed by atoms with Gasteiger partial charge in [-0.2, -0.15) is 12.6 Å². The Morgan fingerprint density at radius 1 is 1.53 bits per heavy atom. The molecule has 86 valence electrons. The molecule has 0 radical (unpaired) electrons. The highest BCUT2D eigenvalue weighted by Crippen LogP contribution is 2.17. The van der Waals surface area contributed by atoms with Crippen LogP contribution in [0.2, 0.25) is 0 Å². The predicted octanol–water partition coefficient (Wildman–Crippen LogP) is 2.41. The van der Waals surface area contributed by atoms with Crippen LogP contribution in [0.4, 0.5) is 0 Å². The summed E-state index contributed by atoms with van der Waals surface area (Å²) in [5.74, 6) is 0.981. The highest BCUT2D eigenvalue weighted by molar-refractivity contribution is 7.81. The lowest BCUT2D eigenvalue weighted by Gasteiger charge is -2.20. The van der Waals surface area contributed by atoms with Gasteiger partial charge in [-0.25, -0.2) is 0 Å². The Morgan fingerprint density at radius 2 is 2.27 bits per heavy atom. The Labute approximate surface area is 97.9 Å². The van der Waals surface area contributed by atoms with E-state index in [1.165, 1.54) is 6.42 Å². The number of carbonyl (C=O) groups excluding carboxylic acids is 1. The summed E-state index contributed by atoms with van der Waals surface area (Å²) in [4.78, 5) is 11.6. The fraction of sp³-hybridized carbons (Fsp3) is 0.750. The monoisotopic (exact) mass is 227 g/mol. The van der Waals surface area contributed by atoms with Gasteiger partial charge >= 0.3 is 0 Å². The molecule has 0 aliphatic heterocycles. The number of rotatable bonds is 4. The summed E-state index contributed by atoms with van der Waals surface area (Å²) < 4.78 is 0. The molecule has 1 aliphatic carbocycles. The number of thiol groups is 1. The van der Waals surface area contributed by atoms with Crippen molar-refractivity contribution in [1.29, 1.82) is 0 Å². The van der Waals surface area contributed by atoms with Gasteiger partial charge in [-0.3, -0.25) is 4.79 Å². The molecule has 2 atom stereocenters. The van der Waals surface area contributed by atoms with Crippen molar-refractivity contribution in [1.82, 2.24) is 5.32 Å². The molecule has 2 nitrogen and oxygen atoms in total. The largest absolute Gasteiger partial charge is 0.355 e. The lowest BCUT2D eigenvalue weighted by atomic mass is 9.94. The Kier molecular flexibility index (Phi) is 5.23. The molecule has 0 aromatic carbocycles. The molecule has 0 saturated heterocycles. The Hall–Kier alpha value is -0.440. The van der Waals surface area contributed by atoms with Gasteiger partial charge in [-0.1, -0.05) is 26.0 Å². The van der Waals surface area contributed by atoms with Gasteiger partial charge in [-0.05, 0) is 31.1 Å². The van der Waals surface area contributed by atoms with Crippen LogP contribution in [0.15, 0.2) is 12.2 Å². The lowest BCUT2D eigenvalue weighted by molar-refractivity contribution is -0.121. The van der Waals surface area contributed by atoms with Gasteiger partial charge in [-0.15, -0.1) is 0 Å². The van der Waals surface area contributed by atoms with Crippen LogP contribution < -0.4 is 5.32 Å². The van der Waals surface area contributed by atoms with Crippen LogP contribution in [0.25, 0.3) is 0 Å². The van der Waals surface area contributed by atoms with E-state index in [-0.39, 0.29) is 11.2 Å². The summed E-state index contributed by atoms with van der Waals surface area (Å²) in [6.45, 7) is 4.83. The highest BCUT2D eigenvalue weighted by Gasteiger charge is 2.18. The van der Waals surface area contributed by atoms with E-state index in [1.807, 2.05) is 13.8 Å². The van der Waals surface area contributed by atoms with Crippen LogP contribution in [0.5, 0.6) is 0 Å². The first-order chi connectivity index (χ1) is 7.11. The smallest absolute Gasteiger partial charge is 0.233 e. The van der Waals surface area contributed by atoms with Crippen molar-refractivity contribution >= 4 is 18.5 Å². The third-order valence-electron chi connectivity index (χ3n) is 2.84. The van der Waals surface area contributed by atoms with Crippen molar-refractivity contribution in [3.8, 4) is 0 Å². The zero-order chi connectivity index (χ0) is 11.3. The van der Waals surface area contributed by atoms with Crippen LogP contribution in [0.3, 0.4) is 0 Å². The third kappa shape index (κ3) is 4.29. The van der Waals surface area contributed by atoms with Crippen LogP contribution in [0, 0.1) is 11.8 Å². The van der Waals surface area contributed by atoms with E-state index in [9.17, 15) is 4.79 Å². The number of amides is 1. The fourth-order valence-electron chi connectivity index (χ4n) is 1.69. The maximum Gasteiger partial charge on any atom is 0.233 e. The minimum atomic E-state index is -0.177. The molecule has 0 spiro atoms. The van der Waals surface area contributed by atoms with Crippen molar-refractivity contribution in [2.45, 2.75) is 38.4 Å². The van der Waals surface area contributed by atoms with Crippen molar-refractivity contribution in [2.24, 2.45) is 11.8 Å². The molecule has 0 fully saturated rings. The molecule has 1 N–H and O–H groups in total. The van der Waals surface area contributed by atoms with Gasteiger partial charge < -0.3 is 5.32 Å². The van der Waals surface area contributed by atoms with E-state index >= 15 is 0 Å². The molecule has 3 heteroatoms. The average Bonchev–Trinajstić information content (AvgIpc) is 2.26. The number of nitrogens with one attached hydrogen (secondary N) is 1. The highest BCUT2D eigenvalue weighted by atomic mass is 32.1. The first-order valence-corrected chi connectivity index (χ1v) is 6.23. The first-order valence-electron chi connectivity index (χ1n) is 5.72. The zero-order valence-corrected chi connectivity index (χ0v) is 10.5. The normalized spacial score (nSPS) is 22.8. The number of hydrogen-bond acceptors (Lipinski definition) is 2. The molecule has 1 amide bonds. The van der Waals surface area contributed by atoms with E-state index in [0.717, 1.165) is 19.4 Å². The summed E-state index contributed by atoms with van der Waals surface area (Å²) in [6, 6.07) is 0. The number of allylic oxidation sites excluding steroid dienone is 2. The van der Waals surface area contributed by atoms with Crippen molar-refractivity contribution in [2.75, 3.05) is 6.54 Å². The summed E-state index contributed by atoms with van der Waals surface area (Å²) in [5, 5.41) is 2.81. The summed E-state index contributed by atoms with van der Waals surface area (Å²) in [7, 11) is 0. The van der Waals surface area contributed by atoms with Gasteiger partial charge in [0.25, 0.3) is 0 Å². The van der Waals surface area contributed by atoms with Crippen LogP contribution in [0.1, 0.15) is 33.1 Å². The zero-order valence-electron chi connectivity index (χ0n) is 9.57. The van der Waals surface area contributed by atoms with E-state index in [4.69, 9.17) is 0 Å². The second-order valence-corrected chi connectivity index (χ2v) is 5.14. The van der Waals surface area contributed by atoms with Crippen LogP contribution >= 0.6 is 12.6 Å². The molecule has 0 aromatic heterocycles. The molecule has 1 aliphatic rings. The summed E-state index contributed by atoms with van der Waals surface area (Å²) in [6.07, 6.45) is 7.86. The Balaban J connectivity index is 2.24. The molecular weight excluding hydrogens is 206 g/mol. The quantitative estimate of drug-likeness (QED) is 0.560. The molecule has 0 aromatic rings. The first kappa shape index (κ1) is 12.6. The minimum Gasteiger partial charge on any atom is -0.355 e. The maximum absolute atomic E-state index is 11.6. The van der Waals surface area contributed by atoms with Crippen molar-refractivity contribution in [3.05, 3.63) is 12.2 Å². The Morgan fingerprint density at radius 3 is 2.80 bits per heavy atom. The third-order valence-corrected chi connectivity index (χ3v) is 3.67. The number of carbonyl (C=O) groups is 1. The number of hydrogen-bond donors (Lipinski definition) is 2. The van der Waals surface area contributed by atoms with Crippen LogP contribution in [-0.4, -0.2) is 17.7 Å². The molecule has 0 bridgehead atoms. The molecular formula is C12H21NOS. The van der Waals surface area contributed by atoms with E-state index < -0.39 is 0 Å². The fourth-order valence-corrected chi connectivity index (χ4v) is 1.79. The van der Waals surface area contributed by atoms with Gasteiger partial charge in [0, 0.05) is 6.54 Å². The van der Waals surface area contributed by atoms with Crippen LogP contribution in [-0.2, 0) is 4.79 Å². The summed E-state index contributed by atoms with van der Waals surface area (Å²) >= 11 is 4.29. The molecule has 15 heavy (non-hydrogen) atoms. The van der Waals surface area contributed by atoms with Crippen molar-refractivity contribution in [3.63, 3.8) is 0 Å². The Bertz CT molecular complexity index is 238. The standard InChI is InChI=1S/C12H21NOS/c1-9(2)11(15)12(14)13-8-10-6-4-3-5-7-10/h3-4,9-11,15H,5-8H2,1-2H3,(H,13,14). The van der Waals surface area contributed by atoms with Gasteiger partial charge in [0.05, 0.1) is 5.25 Å². The maximum atomic E-state index is 11.6. The predicted molar refractivity (Wildman–Crippen MR) is 67.1 cm³/mol. The van der Waals surface area contributed by atoms with Crippen molar-refractivity contribution < 1.29 is 4.79 Å². The van der Waals surface area contributed by atoms with E-state index in [2.05, 4.69) is 30.1 Å². The average molecular weight is 227 g/mol. The molecule has 2 unspecified atom stereocenters.